The fraction of sp³-hybridized carbons (Fsp3) is 0.412. The Morgan fingerprint density at radius 1 is 1.39 bits per heavy atom. The van der Waals surface area contributed by atoms with E-state index in [4.69, 9.17) is 16.3 Å². The molecule has 1 atom stereocenters. The fourth-order valence-corrected chi connectivity index (χ4v) is 3.76. The van der Waals surface area contributed by atoms with Gasteiger partial charge in [-0.15, -0.1) is 11.3 Å². The van der Waals surface area contributed by atoms with Gasteiger partial charge in [0, 0.05) is 23.1 Å². The molecule has 2 aromatic rings. The van der Waals surface area contributed by atoms with Crippen molar-refractivity contribution in [3.8, 4) is 5.75 Å². The lowest BCUT2D eigenvalue weighted by atomic mass is 10.1. The van der Waals surface area contributed by atoms with Gasteiger partial charge >= 0.3 is 0 Å². The molecule has 0 unspecified atom stereocenters. The molecule has 0 spiro atoms. The number of aromatic nitrogens is 1. The molecule has 23 heavy (non-hydrogen) atoms. The van der Waals surface area contributed by atoms with Gasteiger partial charge < -0.3 is 9.64 Å². The van der Waals surface area contributed by atoms with Gasteiger partial charge in [0.05, 0.1) is 6.04 Å². The van der Waals surface area contributed by atoms with Crippen molar-refractivity contribution in [2.45, 2.75) is 38.3 Å². The number of rotatable bonds is 4. The van der Waals surface area contributed by atoms with E-state index in [0.29, 0.717) is 10.8 Å². The SMILES string of the molecule is CC(C)(Oc1ccc(Cl)cc1)C(=O)N1CCC[C@H]1c1nccs1. The van der Waals surface area contributed by atoms with Crippen LogP contribution in [0.25, 0.3) is 0 Å². The maximum Gasteiger partial charge on any atom is 0.266 e. The Labute approximate surface area is 145 Å². The third kappa shape index (κ3) is 3.51. The molecular weight excluding hydrogens is 332 g/mol. The summed E-state index contributed by atoms with van der Waals surface area (Å²) in [4.78, 5) is 19.3. The molecule has 1 amide bonds. The molecule has 0 radical (unpaired) electrons. The highest BCUT2D eigenvalue weighted by atomic mass is 35.5. The van der Waals surface area contributed by atoms with Crippen LogP contribution in [0.5, 0.6) is 5.75 Å². The average molecular weight is 351 g/mol. The van der Waals surface area contributed by atoms with Crippen LogP contribution in [0.2, 0.25) is 5.02 Å². The number of hydrogen-bond acceptors (Lipinski definition) is 4. The van der Waals surface area contributed by atoms with Crippen molar-refractivity contribution in [3.63, 3.8) is 0 Å². The zero-order chi connectivity index (χ0) is 16.4. The van der Waals surface area contributed by atoms with Crippen molar-refractivity contribution in [2.24, 2.45) is 0 Å². The summed E-state index contributed by atoms with van der Waals surface area (Å²) in [5, 5.41) is 3.59. The molecular formula is C17H19ClN2O2S. The predicted molar refractivity (Wildman–Crippen MR) is 92.0 cm³/mol. The second kappa shape index (κ2) is 6.49. The average Bonchev–Trinajstić information content (AvgIpc) is 3.18. The van der Waals surface area contributed by atoms with Crippen molar-refractivity contribution in [1.29, 1.82) is 0 Å². The Bertz CT molecular complexity index is 670. The summed E-state index contributed by atoms with van der Waals surface area (Å²) in [7, 11) is 0. The van der Waals surface area contributed by atoms with E-state index in [1.165, 1.54) is 0 Å². The molecule has 0 bridgehead atoms. The minimum Gasteiger partial charge on any atom is -0.478 e. The second-order valence-corrected chi connectivity index (χ2v) is 7.46. The van der Waals surface area contributed by atoms with E-state index in [1.807, 2.05) is 10.3 Å². The lowest BCUT2D eigenvalue weighted by Crippen LogP contribution is -2.48. The summed E-state index contributed by atoms with van der Waals surface area (Å²) in [6.45, 7) is 4.36. The lowest BCUT2D eigenvalue weighted by molar-refractivity contribution is -0.146. The monoisotopic (exact) mass is 350 g/mol. The minimum absolute atomic E-state index is 0.00912. The van der Waals surface area contributed by atoms with Crippen LogP contribution in [-0.4, -0.2) is 27.9 Å². The maximum atomic E-state index is 13.0. The van der Waals surface area contributed by atoms with E-state index < -0.39 is 5.60 Å². The fourth-order valence-electron chi connectivity index (χ4n) is 2.85. The summed E-state index contributed by atoms with van der Waals surface area (Å²) in [6.07, 6.45) is 3.74. The smallest absolute Gasteiger partial charge is 0.266 e. The van der Waals surface area contributed by atoms with Crippen molar-refractivity contribution in [2.75, 3.05) is 6.54 Å². The van der Waals surface area contributed by atoms with E-state index >= 15 is 0 Å². The molecule has 6 heteroatoms. The van der Waals surface area contributed by atoms with E-state index in [2.05, 4.69) is 4.98 Å². The highest BCUT2D eigenvalue weighted by Crippen LogP contribution is 2.35. The Kier molecular flexibility index (Phi) is 4.60. The summed E-state index contributed by atoms with van der Waals surface area (Å²) >= 11 is 7.49. The topological polar surface area (TPSA) is 42.4 Å². The maximum absolute atomic E-state index is 13.0. The zero-order valence-electron chi connectivity index (χ0n) is 13.2. The zero-order valence-corrected chi connectivity index (χ0v) is 14.7. The van der Waals surface area contributed by atoms with Gasteiger partial charge in [-0.2, -0.15) is 0 Å². The summed E-state index contributed by atoms with van der Waals surface area (Å²) in [5.41, 5.74) is -0.937. The van der Waals surface area contributed by atoms with Crippen LogP contribution in [0, 0.1) is 0 Å². The first-order valence-corrected chi connectivity index (χ1v) is 8.88. The standard InChI is InChI=1S/C17H19ClN2O2S/c1-17(2,22-13-7-5-12(18)6-8-13)16(21)20-10-3-4-14(20)15-19-9-11-23-15/h5-9,11,14H,3-4,10H2,1-2H3/t14-/m0/s1. The molecule has 4 nitrogen and oxygen atoms in total. The molecule has 1 saturated heterocycles. The van der Waals surface area contributed by atoms with Crippen LogP contribution in [-0.2, 0) is 4.79 Å². The van der Waals surface area contributed by atoms with E-state index in [1.54, 1.807) is 55.6 Å². The van der Waals surface area contributed by atoms with Crippen molar-refractivity contribution < 1.29 is 9.53 Å². The van der Waals surface area contributed by atoms with E-state index in [-0.39, 0.29) is 11.9 Å². The van der Waals surface area contributed by atoms with Crippen LogP contribution in [0.15, 0.2) is 35.8 Å². The predicted octanol–water partition coefficient (Wildman–Crippen LogP) is 4.32. The number of nitrogens with zero attached hydrogens (tertiary/aromatic N) is 2. The molecule has 1 fully saturated rings. The molecule has 1 aliphatic heterocycles. The van der Waals surface area contributed by atoms with E-state index in [9.17, 15) is 4.79 Å². The molecule has 0 saturated carbocycles. The van der Waals surface area contributed by atoms with Crippen molar-refractivity contribution >= 4 is 28.8 Å². The number of benzene rings is 1. The third-order valence-electron chi connectivity index (χ3n) is 3.95. The van der Waals surface area contributed by atoms with Gasteiger partial charge in [-0.1, -0.05) is 11.6 Å². The highest BCUT2D eigenvalue weighted by molar-refractivity contribution is 7.09. The third-order valence-corrected chi connectivity index (χ3v) is 5.08. The van der Waals surface area contributed by atoms with Gasteiger partial charge in [-0.05, 0) is 51.0 Å². The molecule has 1 aromatic carbocycles. The summed E-state index contributed by atoms with van der Waals surface area (Å²) in [5.74, 6) is 0.628. The Morgan fingerprint density at radius 2 is 2.13 bits per heavy atom. The van der Waals surface area contributed by atoms with Gasteiger partial charge in [-0.3, -0.25) is 4.79 Å². The van der Waals surface area contributed by atoms with Crippen molar-refractivity contribution in [1.82, 2.24) is 9.88 Å². The number of ether oxygens (including phenoxy) is 1. The number of halogens is 1. The number of likely N-dealkylation sites (tertiary alicyclic amines) is 1. The van der Waals surface area contributed by atoms with Crippen LogP contribution in [0.3, 0.4) is 0 Å². The Morgan fingerprint density at radius 3 is 2.78 bits per heavy atom. The van der Waals surface area contributed by atoms with Gasteiger partial charge in [-0.25, -0.2) is 4.98 Å². The Balaban J connectivity index is 1.76. The second-order valence-electron chi connectivity index (χ2n) is 6.09. The first-order chi connectivity index (χ1) is 11.0. The highest BCUT2D eigenvalue weighted by Gasteiger charge is 2.40. The molecule has 3 rings (SSSR count). The molecule has 1 aromatic heterocycles. The van der Waals surface area contributed by atoms with Crippen LogP contribution in [0.1, 0.15) is 37.7 Å². The van der Waals surface area contributed by atoms with Gasteiger partial charge in [0.25, 0.3) is 5.91 Å². The van der Waals surface area contributed by atoms with E-state index in [0.717, 1.165) is 24.4 Å². The molecule has 0 N–H and O–H groups in total. The lowest BCUT2D eigenvalue weighted by Gasteiger charge is -2.32. The van der Waals surface area contributed by atoms with Crippen LogP contribution >= 0.6 is 22.9 Å². The first kappa shape index (κ1) is 16.3. The summed E-state index contributed by atoms with van der Waals surface area (Å²) < 4.78 is 5.93. The number of carbonyl (C=O) groups excluding carboxylic acids is 1. The quantitative estimate of drug-likeness (QED) is 0.824. The number of hydrogen-bond donors (Lipinski definition) is 0. The Hall–Kier alpha value is -1.59. The molecule has 0 aliphatic carbocycles. The van der Waals surface area contributed by atoms with Gasteiger partial charge in [0.1, 0.15) is 10.8 Å². The largest absolute Gasteiger partial charge is 0.478 e. The minimum atomic E-state index is -0.937. The molecule has 2 heterocycles. The van der Waals surface area contributed by atoms with Crippen LogP contribution < -0.4 is 4.74 Å². The van der Waals surface area contributed by atoms with Crippen molar-refractivity contribution in [3.05, 3.63) is 45.9 Å². The first-order valence-electron chi connectivity index (χ1n) is 7.62. The molecule has 122 valence electrons. The number of amides is 1. The van der Waals surface area contributed by atoms with Gasteiger partial charge in [0.15, 0.2) is 5.60 Å². The van der Waals surface area contributed by atoms with Gasteiger partial charge in [0.2, 0.25) is 0 Å². The normalized spacial score (nSPS) is 18.2. The van der Waals surface area contributed by atoms with Crippen LogP contribution in [0.4, 0.5) is 0 Å². The number of carbonyl (C=O) groups is 1. The molecule has 1 aliphatic rings. The summed E-state index contributed by atoms with van der Waals surface area (Å²) in [6, 6.07) is 7.13. The number of thiazole rings is 1.